The van der Waals surface area contributed by atoms with E-state index in [-0.39, 0.29) is 6.10 Å². The Balaban J connectivity index is 1.71. The zero-order valence-electron chi connectivity index (χ0n) is 13.3. The van der Waals surface area contributed by atoms with Gasteiger partial charge in [-0.1, -0.05) is 12.1 Å². The predicted octanol–water partition coefficient (Wildman–Crippen LogP) is 4.46. The molecule has 2 aromatic rings. The average molecular weight is 348 g/mol. The van der Waals surface area contributed by atoms with Gasteiger partial charge in [-0.3, -0.25) is 4.98 Å². The summed E-state index contributed by atoms with van der Waals surface area (Å²) in [5, 5.41) is 0.343. The molecular formula is C17H20N2O2S2. The summed E-state index contributed by atoms with van der Waals surface area (Å²) in [6.07, 6.45) is 7.74. The molecule has 2 heterocycles. The molecule has 0 spiro atoms. The first-order valence-electron chi connectivity index (χ1n) is 7.67. The Labute approximate surface area is 145 Å². The molecule has 1 aromatic heterocycles. The summed E-state index contributed by atoms with van der Waals surface area (Å²) in [7, 11) is 0. The van der Waals surface area contributed by atoms with Crippen molar-refractivity contribution in [3.63, 3.8) is 0 Å². The second-order valence-corrected chi connectivity index (χ2v) is 7.31. The SMILES string of the molecule is CSc1ccc(-c2cncc(OC(C)C3CCCOS3)n2)cc1. The molecule has 6 heteroatoms. The van der Waals surface area contributed by atoms with Crippen LogP contribution in [0.2, 0.25) is 0 Å². The maximum atomic E-state index is 5.98. The van der Waals surface area contributed by atoms with Gasteiger partial charge in [-0.15, -0.1) is 11.8 Å². The lowest BCUT2D eigenvalue weighted by atomic mass is 10.1. The van der Waals surface area contributed by atoms with Gasteiger partial charge in [0.1, 0.15) is 6.10 Å². The van der Waals surface area contributed by atoms with Gasteiger partial charge in [-0.2, -0.15) is 0 Å². The van der Waals surface area contributed by atoms with Crippen molar-refractivity contribution in [3.8, 4) is 17.1 Å². The molecule has 1 aliphatic heterocycles. The highest BCUT2D eigenvalue weighted by atomic mass is 32.2. The third kappa shape index (κ3) is 4.40. The Kier molecular flexibility index (Phi) is 5.80. The molecule has 122 valence electrons. The molecular weight excluding hydrogens is 328 g/mol. The maximum absolute atomic E-state index is 5.98. The summed E-state index contributed by atoms with van der Waals surface area (Å²) in [5.74, 6) is 0.565. The number of hydrogen-bond acceptors (Lipinski definition) is 6. The molecule has 0 radical (unpaired) electrons. The highest BCUT2D eigenvalue weighted by molar-refractivity contribution is 7.98. The lowest BCUT2D eigenvalue weighted by Crippen LogP contribution is -2.29. The van der Waals surface area contributed by atoms with Crippen LogP contribution in [0.1, 0.15) is 19.8 Å². The molecule has 1 aliphatic rings. The van der Waals surface area contributed by atoms with Crippen molar-refractivity contribution in [2.45, 2.75) is 36.0 Å². The van der Waals surface area contributed by atoms with Gasteiger partial charge in [0.15, 0.2) is 0 Å². The molecule has 0 amide bonds. The summed E-state index contributed by atoms with van der Waals surface area (Å²) >= 11 is 3.24. The first-order chi connectivity index (χ1) is 11.3. The minimum Gasteiger partial charge on any atom is -0.472 e. The lowest BCUT2D eigenvalue weighted by Gasteiger charge is -2.26. The van der Waals surface area contributed by atoms with E-state index in [2.05, 4.69) is 47.4 Å². The zero-order chi connectivity index (χ0) is 16.1. The normalized spacial score (nSPS) is 19.3. The molecule has 1 aromatic carbocycles. The average Bonchev–Trinajstić information content (AvgIpc) is 2.63. The van der Waals surface area contributed by atoms with Crippen molar-refractivity contribution >= 4 is 23.8 Å². The van der Waals surface area contributed by atoms with Gasteiger partial charge in [0.2, 0.25) is 5.88 Å². The molecule has 2 unspecified atom stereocenters. The van der Waals surface area contributed by atoms with E-state index < -0.39 is 0 Å². The largest absolute Gasteiger partial charge is 0.472 e. The third-order valence-electron chi connectivity index (χ3n) is 3.74. The van der Waals surface area contributed by atoms with Crippen LogP contribution in [0.15, 0.2) is 41.6 Å². The van der Waals surface area contributed by atoms with Crippen LogP contribution >= 0.6 is 23.8 Å². The molecule has 3 rings (SSSR count). The highest BCUT2D eigenvalue weighted by Gasteiger charge is 2.24. The zero-order valence-corrected chi connectivity index (χ0v) is 14.9. The Hall–Kier alpha value is -1.24. The first kappa shape index (κ1) is 16.6. The van der Waals surface area contributed by atoms with Crippen LogP contribution < -0.4 is 4.74 Å². The first-order valence-corrected chi connectivity index (χ1v) is 9.70. The van der Waals surface area contributed by atoms with Crippen molar-refractivity contribution in [1.82, 2.24) is 9.97 Å². The van der Waals surface area contributed by atoms with Gasteiger partial charge >= 0.3 is 0 Å². The number of nitrogens with zero attached hydrogens (tertiary/aromatic N) is 2. The van der Waals surface area contributed by atoms with E-state index in [1.54, 1.807) is 24.2 Å². The summed E-state index contributed by atoms with van der Waals surface area (Å²) < 4.78 is 11.4. The Morgan fingerprint density at radius 3 is 2.83 bits per heavy atom. The molecule has 0 saturated carbocycles. The minimum absolute atomic E-state index is 0.0451. The summed E-state index contributed by atoms with van der Waals surface area (Å²) in [5.41, 5.74) is 1.87. The van der Waals surface area contributed by atoms with E-state index >= 15 is 0 Å². The molecule has 4 nitrogen and oxygen atoms in total. The van der Waals surface area contributed by atoms with Gasteiger partial charge in [0, 0.05) is 10.5 Å². The Morgan fingerprint density at radius 2 is 2.13 bits per heavy atom. The molecule has 0 N–H and O–H groups in total. The van der Waals surface area contributed by atoms with Gasteiger partial charge in [0.05, 0.1) is 29.9 Å². The molecule has 0 aliphatic carbocycles. The van der Waals surface area contributed by atoms with Gasteiger partial charge in [0.25, 0.3) is 0 Å². The Bertz CT molecular complexity index is 631. The van der Waals surface area contributed by atoms with Crippen molar-refractivity contribution < 1.29 is 8.92 Å². The number of rotatable bonds is 5. The van der Waals surface area contributed by atoms with E-state index in [0.717, 1.165) is 30.7 Å². The number of aromatic nitrogens is 2. The molecule has 23 heavy (non-hydrogen) atoms. The lowest BCUT2D eigenvalue weighted by molar-refractivity contribution is 0.188. The fourth-order valence-electron chi connectivity index (χ4n) is 2.41. The van der Waals surface area contributed by atoms with Crippen molar-refractivity contribution in [2.24, 2.45) is 0 Å². The van der Waals surface area contributed by atoms with E-state index in [1.807, 2.05) is 0 Å². The third-order valence-corrected chi connectivity index (χ3v) is 5.65. The van der Waals surface area contributed by atoms with E-state index in [4.69, 9.17) is 8.92 Å². The smallest absolute Gasteiger partial charge is 0.233 e. The van der Waals surface area contributed by atoms with Crippen molar-refractivity contribution in [3.05, 3.63) is 36.7 Å². The topological polar surface area (TPSA) is 44.2 Å². The number of thioether (sulfide) groups is 1. The van der Waals surface area contributed by atoms with Crippen LogP contribution in [0.25, 0.3) is 11.3 Å². The quantitative estimate of drug-likeness (QED) is 0.587. The standard InChI is InChI=1S/C17H20N2O2S2/c1-12(16-4-3-9-20-23-16)21-17-11-18-10-15(19-17)13-5-7-14(22-2)8-6-13/h5-8,10-12,16H,3-4,9H2,1-2H3. The second kappa shape index (κ2) is 8.04. The molecule has 2 atom stereocenters. The van der Waals surface area contributed by atoms with Crippen molar-refractivity contribution in [1.29, 1.82) is 0 Å². The van der Waals surface area contributed by atoms with Crippen LogP contribution in [-0.2, 0) is 4.18 Å². The van der Waals surface area contributed by atoms with Crippen LogP contribution in [0.4, 0.5) is 0 Å². The fraction of sp³-hybridized carbons (Fsp3) is 0.412. The summed E-state index contributed by atoms with van der Waals surface area (Å²) in [4.78, 5) is 10.1. The highest BCUT2D eigenvalue weighted by Crippen LogP contribution is 2.29. The van der Waals surface area contributed by atoms with Gasteiger partial charge in [-0.25, -0.2) is 4.98 Å². The van der Waals surface area contributed by atoms with Crippen LogP contribution in [-0.4, -0.2) is 34.2 Å². The number of benzene rings is 1. The summed E-state index contributed by atoms with van der Waals surface area (Å²) in [6, 6.07) is 8.31. The molecule has 1 saturated heterocycles. The van der Waals surface area contributed by atoms with Crippen LogP contribution in [0.5, 0.6) is 5.88 Å². The fourth-order valence-corrected chi connectivity index (χ4v) is 3.68. The number of ether oxygens (including phenoxy) is 1. The van der Waals surface area contributed by atoms with Gasteiger partial charge < -0.3 is 8.92 Å². The van der Waals surface area contributed by atoms with Crippen molar-refractivity contribution in [2.75, 3.05) is 12.9 Å². The van der Waals surface area contributed by atoms with Gasteiger partial charge in [-0.05, 0) is 50.2 Å². The summed E-state index contributed by atoms with van der Waals surface area (Å²) in [6.45, 7) is 2.89. The van der Waals surface area contributed by atoms with E-state index in [0.29, 0.717) is 11.1 Å². The maximum Gasteiger partial charge on any atom is 0.233 e. The van der Waals surface area contributed by atoms with E-state index in [9.17, 15) is 0 Å². The van der Waals surface area contributed by atoms with Crippen LogP contribution in [0, 0.1) is 0 Å². The monoisotopic (exact) mass is 348 g/mol. The molecule has 1 fully saturated rings. The van der Waals surface area contributed by atoms with Crippen LogP contribution in [0.3, 0.4) is 0 Å². The van der Waals surface area contributed by atoms with E-state index in [1.165, 1.54) is 16.9 Å². The Morgan fingerprint density at radius 1 is 1.30 bits per heavy atom. The minimum atomic E-state index is 0.0451. The predicted molar refractivity (Wildman–Crippen MR) is 95.9 cm³/mol. The number of hydrogen-bond donors (Lipinski definition) is 0. The second-order valence-electron chi connectivity index (χ2n) is 5.39. The molecule has 0 bridgehead atoms.